The van der Waals surface area contributed by atoms with Crippen LogP contribution in [0, 0.1) is 0 Å². The van der Waals surface area contributed by atoms with Crippen molar-refractivity contribution in [3.63, 3.8) is 0 Å². The molecule has 240 valence electrons. The fourth-order valence-corrected chi connectivity index (χ4v) is 4.39. The lowest BCUT2D eigenvalue weighted by Crippen LogP contribution is -2.66. The van der Waals surface area contributed by atoms with Crippen LogP contribution in [0.15, 0.2) is 18.2 Å². The van der Waals surface area contributed by atoms with E-state index in [4.69, 9.17) is 37.9 Å². The van der Waals surface area contributed by atoms with Crippen molar-refractivity contribution in [2.45, 2.75) is 89.1 Å². The van der Waals surface area contributed by atoms with E-state index in [0.717, 1.165) is 27.7 Å². The number of esters is 4. The summed E-state index contributed by atoms with van der Waals surface area (Å²) >= 11 is 0. The van der Waals surface area contributed by atoms with Crippen molar-refractivity contribution >= 4 is 23.9 Å². The van der Waals surface area contributed by atoms with Gasteiger partial charge in [0.2, 0.25) is 12.0 Å². The molecule has 2 aliphatic rings. The van der Waals surface area contributed by atoms with Gasteiger partial charge in [0.1, 0.15) is 49.8 Å². The van der Waals surface area contributed by atoms with Crippen LogP contribution in [0.4, 0.5) is 0 Å². The maximum atomic E-state index is 11.9. The van der Waals surface area contributed by atoms with Crippen LogP contribution in [0.5, 0.6) is 17.2 Å². The Morgan fingerprint density at radius 2 is 1.23 bits per heavy atom. The van der Waals surface area contributed by atoms with Gasteiger partial charge in [-0.25, -0.2) is 0 Å². The summed E-state index contributed by atoms with van der Waals surface area (Å²) in [6.45, 7) is 3.16. The summed E-state index contributed by atoms with van der Waals surface area (Å²) in [6.07, 6.45) is -16.6. The zero-order valence-electron chi connectivity index (χ0n) is 23.6. The number of aromatic hydroxyl groups is 2. The fraction of sp³-hybridized carbons (Fsp3) is 0.615. The van der Waals surface area contributed by atoms with Gasteiger partial charge < -0.3 is 63.4 Å². The summed E-state index contributed by atoms with van der Waals surface area (Å²) < 4.78 is 43.0. The lowest BCUT2D eigenvalue weighted by atomic mass is 9.96. The molecule has 3 rings (SSSR count). The first kappa shape index (κ1) is 33.8. The summed E-state index contributed by atoms with van der Waals surface area (Å²) in [4.78, 5) is 46.7. The number of para-hydroxylation sites is 1. The van der Waals surface area contributed by atoms with E-state index in [1.54, 1.807) is 0 Å². The number of phenolic OH excluding ortho intramolecular Hbond substituents is 2. The Hall–Kier alpha value is -3.74. The van der Waals surface area contributed by atoms with Gasteiger partial charge in [0, 0.05) is 27.7 Å². The van der Waals surface area contributed by atoms with E-state index in [2.05, 4.69) is 0 Å². The van der Waals surface area contributed by atoms with E-state index in [0.29, 0.717) is 0 Å². The quantitative estimate of drug-likeness (QED) is 0.112. The number of ether oxygens (including phenoxy) is 8. The molecule has 0 bridgehead atoms. The van der Waals surface area contributed by atoms with Gasteiger partial charge in [0.05, 0.1) is 0 Å². The molecule has 2 heterocycles. The summed E-state index contributed by atoms with van der Waals surface area (Å²) in [5, 5.41) is 52.7. The van der Waals surface area contributed by atoms with Crippen LogP contribution < -0.4 is 4.74 Å². The van der Waals surface area contributed by atoms with E-state index in [-0.39, 0.29) is 5.75 Å². The van der Waals surface area contributed by atoms with Crippen LogP contribution in [-0.4, -0.2) is 124 Å². The number of hydrogen-bond acceptors (Lipinski definition) is 17. The molecule has 2 aliphatic heterocycles. The standard InChI is InChI=1S/C26H34O17/c1-10(27)36-8-16-22(19(33)20(34)25(41-16)40-15-7-5-6-14(31)18(15)32)43-26-21(35)24(39-13(4)30)23(38-12(3)29)17(42-26)9-37-11(2)28/h5-7,16-17,19-26,31-35H,8-9H2,1-4H3/t16-,17-,19-,20-,21-,22-,23+,24-,25-,26+/m1/s1. The van der Waals surface area contributed by atoms with Gasteiger partial charge in [-0.3, -0.25) is 19.2 Å². The number of rotatable bonds is 10. The molecule has 1 aromatic carbocycles. The molecule has 43 heavy (non-hydrogen) atoms. The smallest absolute Gasteiger partial charge is 0.303 e. The SMILES string of the molecule is CC(=O)OC[C@H]1O[C@@H](O[C@H]2[C@H](O)[C@@H](O)[C@H](Oc3cccc(O)c3O)O[C@@H]2COC(C)=O)[C@H](O)[C@@H](OC(C)=O)[C@H]1OC(C)=O. The lowest BCUT2D eigenvalue weighted by molar-refractivity contribution is -0.353. The van der Waals surface area contributed by atoms with Gasteiger partial charge >= 0.3 is 23.9 Å². The van der Waals surface area contributed by atoms with Gasteiger partial charge in [0.25, 0.3) is 0 Å². The Labute approximate surface area is 244 Å². The molecule has 0 aliphatic carbocycles. The van der Waals surface area contributed by atoms with Gasteiger partial charge in [-0.1, -0.05) is 6.07 Å². The van der Waals surface area contributed by atoms with Crippen LogP contribution in [0.1, 0.15) is 27.7 Å². The molecule has 0 unspecified atom stereocenters. The zero-order valence-corrected chi connectivity index (χ0v) is 23.6. The molecule has 0 radical (unpaired) electrons. The highest BCUT2D eigenvalue weighted by Crippen LogP contribution is 2.37. The highest BCUT2D eigenvalue weighted by atomic mass is 16.8. The van der Waals surface area contributed by atoms with E-state index < -0.39 is 110 Å². The average Bonchev–Trinajstić information content (AvgIpc) is 2.92. The largest absolute Gasteiger partial charge is 0.504 e. The van der Waals surface area contributed by atoms with Crippen molar-refractivity contribution in [1.82, 2.24) is 0 Å². The van der Waals surface area contributed by atoms with Gasteiger partial charge in [-0.15, -0.1) is 0 Å². The van der Waals surface area contributed by atoms with Crippen molar-refractivity contribution in [2.75, 3.05) is 13.2 Å². The Balaban J connectivity index is 1.90. The van der Waals surface area contributed by atoms with Crippen LogP contribution in [0.3, 0.4) is 0 Å². The summed E-state index contributed by atoms with van der Waals surface area (Å²) in [5.74, 6) is -4.74. The second kappa shape index (κ2) is 14.6. The molecular formula is C26H34O17. The maximum absolute atomic E-state index is 11.9. The topological polar surface area (TPSA) is 243 Å². The molecule has 2 saturated heterocycles. The molecule has 17 heteroatoms. The first-order chi connectivity index (χ1) is 20.2. The van der Waals surface area contributed by atoms with E-state index in [1.807, 2.05) is 0 Å². The number of carbonyl (C=O) groups excluding carboxylic acids is 4. The molecule has 5 N–H and O–H groups in total. The Bertz CT molecular complexity index is 1160. The summed E-state index contributed by atoms with van der Waals surface area (Å²) in [7, 11) is 0. The third kappa shape index (κ3) is 8.65. The number of carbonyl (C=O) groups is 4. The highest BCUT2D eigenvalue weighted by Gasteiger charge is 2.54. The number of benzene rings is 1. The van der Waals surface area contributed by atoms with E-state index in [9.17, 15) is 44.7 Å². The normalized spacial score (nSPS) is 32.3. The number of phenols is 2. The molecule has 17 nitrogen and oxygen atoms in total. The van der Waals surface area contributed by atoms with Crippen LogP contribution >= 0.6 is 0 Å². The van der Waals surface area contributed by atoms with Crippen molar-refractivity contribution < 1.29 is 82.6 Å². The van der Waals surface area contributed by atoms with Crippen molar-refractivity contribution in [3.8, 4) is 17.2 Å². The van der Waals surface area contributed by atoms with Crippen LogP contribution in [0.25, 0.3) is 0 Å². The minimum Gasteiger partial charge on any atom is -0.504 e. The third-order valence-corrected chi connectivity index (χ3v) is 6.27. The van der Waals surface area contributed by atoms with Crippen molar-refractivity contribution in [2.24, 2.45) is 0 Å². The van der Waals surface area contributed by atoms with E-state index >= 15 is 0 Å². The van der Waals surface area contributed by atoms with Gasteiger partial charge in [-0.2, -0.15) is 0 Å². The number of aliphatic hydroxyl groups excluding tert-OH is 3. The third-order valence-electron chi connectivity index (χ3n) is 6.27. The predicted octanol–water partition coefficient (Wildman–Crippen LogP) is -1.62. The molecule has 0 spiro atoms. The Morgan fingerprint density at radius 3 is 1.79 bits per heavy atom. The minimum atomic E-state index is -1.89. The van der Waals surface area contributed by atoms with E-state index in [1.165, 1.54) is 18.2 Å². The predicted molar refractivity (Wildman–Crippen MR) is 135 cm³/mol. The molecule has 2 fully saturated rings. The second-order valence-corrected chi connectivity index (χ2v) is 9.65. The number of aliphatic hydroxyl groups is 3. The lowest BCUT2D eigenvalue weighted by Gasteiger charge is -2.47. The van der Waals surface area contributed by atoms with Crippen molar-refractivity contribution in [3.05, 3.63) is 18.2 Å². The van der Waals surface area contributed by atoms with Gasteiger partial charge in [0.15, 0.2) is 30.0 Å². The molecule has 0 amide bonds. The average molecular weight is 619 g/mol. The summed E-state index contributed by atoms with van der Waals surface area (Å²) in [6, 6.07) is 3.74. The number of hydrogen-bond donors (Lipinski definition) is 5. The summed E-state index contributed by atoms with van der Waals surface area (Å²) in [5.41, 5.74) is 0. The fourth-order valence-electron chi connectivity index (χ4n) is 4.39. The monoisotopic (exact) mass is 618 g/mol. The Kier molecular flexibility index (Phi) is 11.5. The molecule has 10 atom stereocenters. The van der Waals surface area contributed by atoms with Crippen LogP contribution in [0.2, 0.25) is 0 Å². The zero-order chi connectivity index (χ0) is 32.0. The first-order valence-electron chi connectivity index (χ1n) is 13.0. The molecule has 0 aromatic heterocycles. The Morgan fingerprint density at radius 1 is 0.698 bits per heavy atom. The van der Waals surface area contributed by atoms with Crippen molar-refractivity contribution in [1.29, 1.82) is 0 Å². The minimum absolute atomic E-state index is 0.318. The van der Waals surface area contributed by atoms with Gasteiger partial charge in [-0.05, 0) is 12.1 Å². The first-order valence-corrected chi connectivity index (χ1v) is 13.0. The molecular weight excluding hydrogens is 584 g/mol. The second-order valence-electron chi connectivity index (χ2n) is 9.65. The molecule has 0 saturated carbocycles. The van der Waals surface area contributed by atoms with Crippen LogP contribution in [-0.2, 0) is 52.3 Å². The maximum Gasteiger partial charge on any atom is 0.303 e. The highest BCUT2D eigenvalue weighted by molar-refractivity contribution is 5.68. The molecule has 1 aromatic rings.